The molecule has 2 aromatic rings. The Morgan fingerprint density at radius 3 is 2.32 bits per heavy atom. The summed E-state index contributed by atoms with van der Waals surface area (Å²) in [6.45, 7) is 4.62. The second-order valence-corrected chi connectivity index (χ2v) is 8.66. The number of carbonyl (C=O) groups is 2. The van der Waals surface area contributed by atoms with E-state index in [1.807, 2.05) is 30.3 Å². The van der Waals surface area contributed by atoms with Gasteiger partial charge in [0, 0.05) is 5.69 Å². The van der Waals surface area contributed by atoms with Crippen LogP contribution in [0.5, 0.6) is 0 Å². The summed E-state index contributed by atoms with van der Waals surface area (Å²) in [6.07, 6.45) is 0. The lowest BCUT2D eigenvalue weighted by molar-refractivity contribution is -0.152. The minimum absolute atomic E-state index is 0.0648. The summed E-state index contributed by atoms with van der Waals surface area (Å²) >= 11 is 0. The lowest BCUT2D eigenvalue weighted by Crippen LogP contribution is -2.33. The quantitative estimate of drug-likeness (QED) is 0.690. The first kappa shape index (κ1) is 21.6. The summed E-state index contributed by atoms with van der Waals surface area (Å²) in [4.78, 5) is 24.6. The number of anilines is 1. The van der Waals surface area contributed by atoms with Gasteiger partial charge in [0.25, 0.3) is 5.91 Å². The van der Waals surface area contributed by atoms with E-state index in [2.05, 4.69) is 10.0 Å². The van der Waals surface area contributed by atoms with Crippen molar-refractivity contribution in [2.24, 2.45) is 0 Å². The van der Waals surface area contributed by atoms with E-state index in [1.54, 1.807) is 32.9 Å². The molecule has 0 aliphatic carbocycles. The van der Waals surface area contributed by atoms with Crippen LogP contribution in [0.4, 0.5) is 5.69 Å². The molecule has 0 unspecified atom stereocenters. The van der Waals surface area contributed by atoms with Crippen LogP contribution < -0.4 is 10.0 Å². The van der Waals surface area contributed by atoms with E-state index in [9.17, 15) is 18.0 Å². The maximum Gasteiger partial charge on any atom is 0.316 e. The Balaban J connectivity index is 2.03. The van der Waals surface area contributed by atoms with Gasteiger partial charge in [0.05, 0.1) is 10.3 Å². The molecular weight excluding hydrogens is 380 g/mol. The summed E-state index contributed by atoms with van der Waals surface area (Å²) in [5, 5.41) is 2.54. The molecule has 150 valence electrons. The van der Waals surface area contributed by atoms with E-state index in [0.717, 1.165) is 5.56 Å². The number of hydrogen-bond acceptors (Lipinski definition) is 5. The van der Waals surface area contributed by atoms with E-state index in [-0.39, 0.29) is 4.90 Å². The molecule has 7 nitrogen and oxygen atoms in total. The number of sulfonamides is 1. The molecule has 0 bridgehead atoms. The molecule has 28 heavy (non-hydrogen) atoms. The van der Waals surface area contributed by atoms with Gasteiger partial charge in [-0.25, -0.2) is 13.1 Å². The number of hydrogen-bond donors (Lipinski definition) is 2. The Bertz CT molecular complexity index is 969. The molecule has 0 fully saturated rings. The van der Waals surface area contributed by atoms with Gasteiger partial charge in [0.2, 0.25) is 10.0 Å². The molecule has 2 aromatic carbocycles. The van der Waals surface area contributed by atoms with Crippen LogP contribution in [0, 0.1) is 6.92 Å². The first-order valence-electron chi connectivity index (χ1n) is 8.64. The molecule has 0 atom stereocenters. The van der Waals surface area contributed by atoms with Gasteiger partial charge in [-0.15, -0.1) is 0 Å². The third kappa shape index (κ3) is 4.96. The molecule has 0 aliphatic heterocycles. The lowest BCUT2D eigenvalue weighted by atomic mass is 9.85. The first-order chi connectivity index (χ1) is 13.1. The highest BCUT2D eigenvalue weighted by atomic mass is 32.2. The van der Waals surface area contributed by atoms with Crippen LogP contribution in [0.25, 0.3) is 0 Å². The summed E-state index contributed by atoms with van der Waals surface area (Å²) in [7, 11) is -2.34. The first-order valence-corrected chi connectivity index (χ1v) is 10.1. The second kappa shape index (κ2) is 8.53. The topological polar surface area (TPSA) is 102 Å². The molecule has 0 radical (unpaired) electrons. The Morgan fingerprint density at radius 1 is 1.07 bits per heavy atom. The second-order valence-electron chi connectivity index (χ2n) is 6.80. The predicted molar refractivity (Wildman–Crippen MR) is 106 cm³/mol. The van der Waals surface area contributed by atoms with Crippen molar-refractivity contribution in [1.29, 1.82) is 0 Å². The van der Waals surface area contributed by atoms with Crippen molar-refractivity contribution < 1.29 is 22.7 Å². The third-order valence-electron chi connectivity index (χ3n) is 4.37. The van der Waals surface area contributed by atoms with Crippen molar-refractivity contribution in [2.45, 2.75) is 31.1 Å². The number of esters is 1. The monoisotopic (exact) mass is 404 g/mol. The Labute approximate surface area is 165 Å². The highest BCUT2D eigenvalue weighted by Crippen LogP contribution is 2.24. The van der Waals surface area contributed by atoms with E-state index in [0.29, 0.717) is 11.3 Å². The van der Waals surface area contributed by atoms with Crippen LogP contribution in [0.15, 0.2) is 53.4 Å². The van der Waals surface area contributed by atoms with Crippen molar-refractivity contribution in [1.82, 2.24) is 4.72 Å². The van der Waals surface area contributed by atoms with Crippen molar-refractivity contribution in [3.05, 3.63) is 59.7 Å². The number of amides is 1. The van der Waals surface area contributed by atoms with E-state index < -0.39 is 33.9 Å². The number of rotatable bonds is 7. The summed E-state index contributed by atoms with van der Waals surface area (Å²) in [6, 6.07) is 13.7. The number of nitrogens with one attached hydrogen (secondary N) is 2. The van der Waals surface area contributed by atoms with Crippen LogP contribution >= 0.6 is 0 Å². The molecule has 2 N–H and O–H groups in total. The minimum Gasteiger partial charge on any atom is -0.455 e. The average Bonchev–Trinajstić information content (AvgIpc) is 2.68. The molecule has 0 aliphatic rings. The van der Waals surface area contributed by atoms with Crippen molar-refractivity contribution in [3.8, 4) is 0 Å². The third-order valence-corrected chi connectivity index (χ3v) is 5.93. The Hall–Kier alpha value is -2.71. The van der Waals surface area contributed by atoms with Gasteiger partial charge in [0.15, 0.2) is 6.61 Å². The van der Waals surface area contributed by atoms with E-state index in [4.69, 9.17) is 4.74 Å². The average molecular weight is 404 g/mol. The van der Waals surface area contributed by atoms with Crippen LogP contribution in [0.1, 0.15) is 25.0 Å². The normalized spacial score (nSPS) is 11.7. The lowest BCUT2D eigenvalue weighted by Gasteiger charge is -2.22. The molecular formula is C20H24N2O5S. The molecule has 0 aromatic heterocycles. The highest BCUT2D eigenvalue weighted by molar-refractivity contribution is 7.89. The van der Waals surface area contributed by atoms with Crippen molar-refractivity contribution in [3.63, 3.8) is 0 Å². The van der Waals surface area contributed by atoms with Gasteiger partial charge < -0.3 is 10.1 Å². The van der Waals surface area contributed by atoms with Crippen LogP contribution in [-0.4, -0.2) is 33.9 Å². The smallest absolute Gasteiger partial charge is 0.316 e. The van der Waals surface area contributed by atoms with Gasteiger partial charge in [-0.05, 0) is 51.1 Å². The van der Waals surface area contributed by atoms with Crippen molar-refractivity contribution >= 4 is 27.6 Å². The minimum atomic E-state index is -3.65. The number of benzene rings is 2. The molecule has 0 saturated heterocycles. The fourth-order valence-electron chi connectivity index (χ4n) is 2.56. The van der Waals surface area contributed by atoms with Crippen LogP contribution in [-0.2, 0) is 29.8 Å². The zero-order valence-electron chi connectivity index (χ0n) is 16.3. The van der Waals surface area contributed by atoms with Gasteiger partial charge in [0.1, 0.15) is 0 Å². The summed E-state index contributed by atoms with van der Waals surface area (Å²) in [5.41, 5.74) is 0.714. The van der Waals surface area contributed by atoms with Gasteiger partial charge in [-0.3, -0.25) is 9.59 Å². The molecule has 8 heteroatoms. The van der Waals surface area contributed by atoms with Crippen LogP contribution in [0.2, 0.25) is 0 Å². The Morgan fingerprint density at radius 2 is 1.71 bits per heavy atom. The highest BCUT2D eigenvalue weighted by Gasteiger charge is 2.31. The van der Waals surface area contributed by atoms with Crippen LogP contribution in [0.3, 0.4) is 0 Å². The number of aryl methyl sites for hydroxylation is 1. The zero-order chi connectivity index (χ0) is 20.9. The van der Waals surface area contributed by atoms with Crippen molar-refractivity contribution in [2.75, 3.05) is 19.0 Å². The van der Waals surface area contributed by atoms with Gasteiger partial charge in [-0.2, -0.15) is 0 Å². The molecule has 1 amide bonds. The summed E-state index contributed by atoms with van der Waals surface area (Å²) in [5.74, 6) is -1.09. The molecule has 0 saturated carbocycles. The van der Waals surface area contributed by atoms with E-state index in [1.165, 1.54) is 13.1 Å². The fraction of sp³-hybridized carbons (Fsp3) is 0.300. The maximum atomic E-state index is 12.4. The van der Waals surface area contributed by atoms with E-state index >= 15 is 0 Å². The van der Waals surface area contributed by atoms with Gasteiger partial charge in [-0.1, -0.05) is 36.4 Å². The maximum absolute atomic E-state index is 12.4. The van der Waals surface area contributed by atoms with Gasteiger partial charge >= 0.3 is 5.97 Å². The summed E-state index contributed by atoms with van der Waals surface area (Å²) < 4.78 is 31.5. The molecule has 0 spiro atoms. The largest absolute Gasteiger partial charge is 0.455 e. The molecule has 2 rings (SSSR count). The fourth-order valence-corrected chi connectivity index (χ4v) is 3.55. The molecule has 0 heterocycles. The number of carbonyl (C=O) groups excluding carboxylic acids is 2. The standard InChI is InChI=1S/C20H24N2O5S/c1-14-10-11-16(12-17(14)28(25,26)21-4)22-18(23)13-27-19(24)20(2,3)15-8-6-5-7-9-15/h5-12,21H,13H2,1-4H3,(H,22,23). The Kier molecular flexibility index (Phi) is 6.58. The predicted octanol–water partition coefficient (Wildman–Crippen LogP) is 2.36. The zero-order valence-corrected chi connectivity index (χ0v) is 17.1. The SMILES string of the molecule is CNS(=O)(=O)c1cc(NC(=O)COC(=O)C(C)(C)c2ccccc2)ccc1C. The number of ether oxygens (including phenoxy) is 1.